The van der Waals surface area contributed by atoms with Crippen LogP contribution in [0.15, 0.2) is 65.6 Å². The Morgan fingerprint density at radius 2 is 1.60 bits per heavy atom. The highest BCUT2D eigenvalue weighted by atomic mass is 19.4. The molecule has 0 bridgehead atoms. The van der Waals surface area contributed by atoms with Gasteiger partial charge in [0, 0.05) is 48.4 Å². The Hall–Kier alpha value is -4.75. The van der Waals surface area contributed by atoms with Crippen LogP contribution in [0.5, 0.6) is 5.75 Å². The number of carbonyl (C=O) groups is 2. The van der Waals surface area contributed by atoms with Gasteiger partial charge in [0.25, 0.3) is 5.56 Å². The lowest BCUT2D eigenvalue weighted by molar-refractivity contribution is -0.138. The lowest BCUT2D eigenvalue weighted by atomic mass is 9.85. The van der Waals surface area contributed by atoms with Gasteiger partial charge in [0.15, 0.2) is 0 Å². The second-order valence-corrected chi connectivity index (χ2v) is 15.2. The fourth-order valence-electron chi connectivity index (χ4n) is 8.52. The number of likely N-dealkylation sites (tertiary alicyclic amines) is 2. The summed E-state index contributed by atoms with van der Waals surface area (Å²) in [5.41, 5.74) is 1.62. The first-order valence-corrected chi connectivity index (χ1v) is 19.1. The van der Waals surface area contributed by atoms with Crippen LogP contribution in [0.2, 0.25) is 0 Å². The number of nitrogens with one attached hydrogen (secondary N) is 2. The molecule has 3 aromatic carbocycles. The van der Waals surface area contributed by atoms with E-state index in [1.165, 1.54) is 16.7 Å². The number of amides is 2. The number of fused-ring (bicyclic) bond motifs is 1. The summed E-state index contributed by atoms with van der Waals surface area (Å²) >= 11 is 0. The maximum absolute atomic E-state index is 15.8. The SMILES string of the molecule is COc1cc(-c2cn(C)c(=O)c3ccccc23)cc(F)c1CN1CCC(CCN2CCC(c3ccc(NC4CCC(=O)NC4=O)cc3C(F)(F)F)CC2)CC1. The Morgan fingerprint density at radius 3 is 2.29 bits per heavy atom. The van der Waals surface area contributed by atoms with Crippen molar-refractivity contribution in [3.8, 4) is 16.9 Å². The minimum atomic E-state index is -4.54. The van der Waals surface area contributed by atoms with Gasteiger partial charge < -0.3 is 19.5 Å². The van der Waals surface area contributed by atoms with Gasteiger partial charge in [-0.05, 0) is 130 Å². The van der Waals surface area contributed by atoms with E-state index >= 15 is 4.39 Å². The van der Waals surface area contributed by atoms with E-state index in [4.69, 9.17) is 4.74 Å². The van der Waals surface area contributed by atoms with Crippen molar-refractivity contribution in [2.75, 3.05) is 45.2 Å². The van der Waals surface area contributed by atoms with Gasteiger partial charge in [-0.25, -0.2) is 4.39 Å². The van der Waals surface area contributed by atoms with Crippen molar-refractivity contribution in [3.05, 3.63) is 93.7 Å². The molecule has 13 heteroatoms. The first-order valence-electron chi connectivity index (χ1n) is 19.1. The number of halogens is 4. The second kappa shape index (κ2) is 16.2. The minimum Gasteiger partial charge on any atom is -0.496 e. The number of imide groups is 1. The highest BCUT2D eigenvalue weighted by Crippen LogP contribution is 2.41. The molecule has 1 atom stereocenters. The number of hydrogen-bond acceptors (Lipinski definition) is 7. The highest BCUT2D eigenvalue weighted by Gasteiger charge is 2.37. The maximum atomic E-state index is 15.8. The lowest BCUT2D eigenvalue weighted by Gasteiger charge is -2.36. The third-order valence-corrected chi connectivity index (χ3v) is 11.7. The van der Waals surface area contributed by atoms with Crippen LogP contribution in [0.25, 0.3) is 21.9 Å². The molecule has 3 aliphatic rings. The summed E-state index contributed by atoms with van der Waals surface area (Å²) in [6, 6.07) is 14.2. The van der Waals surface area contributed by atoms with Crippen molar-refractivity contribution in [1.82, 2.24) is 19.7 Å². The van der Waals surface area contributed by atoms with E-state index in [2.05, 4.69) is 20.4 Å². The maximum Gasteiger partial charge on any atom is 0.416 e. The van der Waals surface area contributed by atoms with Crippen molar-refractivity contribution >= 4 is 28.3 Å². The van der Waals surface area contributed by atoms with Crippen molar-refractivity contribution in [1.29, 1.82) is 0 Å². The number of anilines is 1. The number of rotatable bonds is 10. The Kier molecular flexibility index (Phi) is 11.3. The molecule has 55 heavy (non-hydrogen) atoms. The Morgan fingerprint density at radius 1 is 0.891 bits per heavy atom. The number of benzene rings is 3. The topological polar surface area (TPSA) is 95.9 Å². The number of ether oxygens (including phenoxy) is 1. The molecule has 2 N–H and O–H groups in total. The number of aromatic nitrogens is 1. The van der Waals surface area contributed by atoms with Crippen LogP contribution in [0.1, 0.15) is 67.6 Å². The average Bonchev–Trinajstić information content (AvgIpc) is 3.17. The van der Waals surface area contributed by atoms with Gasteiger partial charge >= 0.3 is 6.18 Å². The molecule has 0 aliphatic carbocycles. The first-order chi connectivity index (χ1) is 26.4. The molecule has 1 aromatic heterocycles. The predicted octanol–water partition coefficient (Wildman–Crippen LogP) is 7.07. The molecule has 3 saturated heterocycles. The van der Waals surface area contributed by atoms with Crippen molar-refractivity contribution in [2.45, 2.75) is 69.6 Å². The molecule has 0 radical (unpaired) electrons. The largest absolute Gasteiger partial charge is 0.496 e. The Bertz CT molecular complexity index is 2120. The van der Waals surface area contributed by atoms with Crippen molar-refractivity contribution < 1.29 is 31.9 Å². The number of carbonyl (C=O) groups excluding carboxylic acids is 2. The van der Waals surface area contributed by atoms with Gasteiger partial charge in [0.05, 0.1) is 12.7 Å². The van der Waals surface area contributed by atoms with Crippen molar-refractivity contribution in [3.63, 3.8) is 0 Å². The minimum absolute atomic E-state index is 0.110. The molecule has 0 spiro atoms. The summed E-state index contributed by atoms with van der Waals surface area (Å²) in [4.78, 5) is 40.9. The van der Waals surface area contributed by atoms with Gasteiger partial charge in [-0.2, -0.15) is 13.2 Å². The van der Waals surface area contributed by atoms with Crippen molar-refractivity contribution in [2.24, 2.45) is 13.0 Å². The summed E-state index contributed by atoms with van der Waals surface area (Å²) in [6.45, 7) is 4.43. The zero-order valence-electron chi connectivity index (χ0n) is 31.2. The van der Waals surface area contributed by atoms with Gasteiger partial charge in [-0.1, -0.05) is 24.3 Å². The summed E-state index contributed by atoms with van der Waals surface area (Å²) in [6.07, 6.45) is 1.80. The molecule has 0 saturated carbocycles. The quantitative estimate of drug-likeness (QED) is 0.132. The van der Waals surface area contributed by atoms with E-state index in [9.17, 15) is 27.6 Å². The molecule has 4 heterocycles. The predicted molar refractivity (Wildman–Crippen MR) is 203 cm³/mol. The smallest absolute Gasteiger partial charge is 0.416 e. The summed E-state index contributed by atoms with van der Waals surface area (Å²) in [7, 11) is 3.24. The van der Waals surface area contributed by atoms with E-state index in [0.29, 0.717) is 47.6 Å². The van der Waals surface area contributed by atoms with E-state index < -0.39 is 23.7 Å². The van der Waals surface area contributed by atoms with Crippen LogP contribution in [0.3, 0.4) is 0 Å². The number of alkyl halides is 3. The number of pyridine rings is 1. The van der Waals surface area contributed by atoms with Gasteiger partial charge in [-0.15, -0.1) is 0 Å². The molecular weight excluding hydrogens is 714 g/mol. The second-order valence-electron chi connectivity index (χ2n) is 15.2. The Labute approximate surface area is 317 Å². The summed E-state index contributed by atoms with van der Waals surface area (Å²) in [5, 5.41) is 6.44. The molecule has 292 valence electrons. The fourth-order valence-corrected chi connectivity index (χ4v) is 8.52. The number of aryl methyl sites for hydroxylation is 1. The summed E-state index contributed by atoms with van der Waals surface area (Å²) in [5.74, 6) is -0.482. The van der Waals surface area contributed by atoms with Crippen LogP contribution >= 0.6 is 0 Å². The highest BCUT2D eigenvalue weighted by molar-refractivity contribution is 6.01. The number of piperidine rings is 3. The van der Waals surface area contributed by atoms with E-state index in [-0.39, 0.29) is 47.3 Å². The zero-order valence-corrected chi connectivity index (χ0v) is 31.2. The number of nitrogens with zero attached hydrogens (tertiary/aromatic N) is 3. The van der Waals surface area contributed by atoms with Gasteiger partial charge in [-0.3, -0.25) is 24.6 Å². The molecule has 7 rings (SSSR count). The zero-order chi connectivity index (χ0) is 38.9. The monoisotopic (exact) mass is 761 g/mol. The third kappa shape index (κ3) is 8.57. The van der Waals surface area contributed by atoms with E-state index in [1.807, 2.05) is 24.3 Å². The molecular formula is C42H47F4N5O4. The van der Waals surface area contributed by atoms with Crippen LogP contribution < -0.4 is 20.9 Å². The lowest BCUT2D eigenvalue weighted by Crippen LogP contribution is -2.47. The van der Waals surface area contributed by atoms with E-state index in [1.54, 1.807) is 32.5 Å². The molecule has 1 unspecified atom stereocenters. The fraction of sp³-hybridized carbons (Fsp3) is 0.452. The van der Waals surface area contributed by atoms with Crippen LogP contribution in [-0.4, -0.2) is 72.1 Å². The van der Waals surface area contributed by atoms with Gasteiger partial charge in [0.2, 0.25) is 11.8 Å². The first kappa shape index (κ1) is 38.5. The molecule has 4 aromatic rings. The normalized spacial score (nSPS) is 19.5. The number of hydrogen-bond donors (Lipinski definition) is 2. The molecule has 9 nitrogen and oxygen atoms in total. The van der Waals surface area contributed by atoms with Gasteiger partial charge in [0.1, 0.15) is 17.6 Å². The summed E-state index contributed by atoms with van der Waals surface area (Å²) < 4.78 is 65.8. The molecule has 3 aliphatic heterocycles. The number of methoxy groups -OCH3 is 1. The van der Waals surface area contributed by atoms with Crippen LogP contribution in [0, 0.1) is 11.7 Å². The molecule has 3 fully saturated rings. The molecule has 2 amide bonds. The van der Waals surface area contributed by atoms with E-state index in [0.717, 1.165) is 69.0 Å². The standard InChI is InChI=1S/C42H47F4N5O4/c1-49-24-33(31-5-3-4-6-32(31)41(49)54)28-21-36(43)34(38(22-28)55-2)25-51-17-12-26(13-18-51)11-16-50-19-14-27(15-20-50)30-8-7-29(23-35(30)42(44,45)46)47-37-9-10-39(52)48-40(37)53/h3-8,21-24,26-27,37,47H,9-20,25H2,1-2H3,(H,48,52,53). The Balaban J connectivity index is 0.908. The third-order valence-electron chi connectivity index (χ3n) is 11.7. The van der Waals surface area contributed by atoms with Crippen LogP contribution in [-0.2, 0) is 29.4 Å². The van der Waals surface area contributed by atoms with Crippen LogP contribution in [0.4, 0.5) is 23.2 Å². The average molecular weight is 762 g/mol.